The van der Waals surface area contributed by atoms with Gasteiger partial charge >= 0.3 is 5.97 Å². The van der Waals surface area contributed by atoms with Crippen LogP contribution in [0.25, 0.3) is 0 Å². The molecule has 0 fully saturated rings. The monoisotopic (exact) mass is 385 g/mol. The zero-order chi connectivity index (χ0) is 19.6. The fourth-order valence-corrected chi connectivity index (χ4v) is 3.00. The van der Waals surface area contributed by atoms with Gasteiger partial charge in [-0.3, -0.25) is 9.79 Å². The van der Waals surface area contributed by atoms with E-state index in [2.05, 4.69) is 15.0 Å². The number of thioether (sulfide) groups is 1. The fourth-order valence-electron chi connectivity index (χ4n) is 2.13. The van der Waals surface area contributed by atoms with Crippen molar-refractivity contribution in [2.45, 2.75) is 20.3 Å². The van der Waals surface area contributed by atoms with E-state index in [1.165, 1.54) is 11.8 Å². The lowest BCUT2D eigenvalue weighted by molar-refractivity contribution is -0.133. The van der Waals surface area contributed by atoms with Crippen molar-refractivity contribution >= 4 is 28.6 Å². The SMILES string of the molecule is CCC(C)C(=NC(=NC)c1ccc(Oc2ccccc2)nc1)SCC(=O)O. The summed E-state index contributed by atoms with van der Waals surface area (Å²) >= 11 is 1.23. The summed E-state index contributed by atoms with van der Waals surface area (Å²) < 4.78 is 5.69. The quantitative estimate of drug-likeness (QED) is 0.560. The van der Waals surface area contributed by atoms with Crippen molar-refractivity contribution in [3.05, 3.63) is 54.2 Å². The molecule has 1 heterocycles. The first kappa shape index (κ1) is 20.6. The van der Waals surface area contributed by atoms with Crippen LogP contribution in [0.5, 0.6) is 11.6 Å². The third-order valence-electron chi connectivity index (χ3n) is 3.77. The average molecular weight is 385 g/mol. The number of para-hydroxylation sites is 1. The number of hydrogen-bond donors (Lipinski definition) is 1. The molecule has 142 valence electrons. The second-order valence-corrected chi connectivity index (χ2v) is 6.78. The van der Waals surface area contributed by atoms with Crippen LogP contribution in [-0.4, -0.2) is 39.7 Å². The Labute approximate surface area is 163 Å². The van der Waals surface area contributed by atoms with Gasteiger partial charge in [0.05, 0.1) is 10.8 Å². The molecule has 0 saturated heterocycles. The molecule has 2 aromatic rings. The number of rotatable bonds is 7. The predicted octanol–water partition coefficient (Wildman–Crippen LogP) is 4.51. The van der Waals surface area contributed by atoms with Gasteiger partial charge in [0.1, 0.15) is 5.75 Å². The van der Waals surface area contributed by atoms with Gasteiger partial charge in [0.2, 0.25) is 5.88 Å². The zero-order valence-corrected chi connectivity index (χ0v) is 16.4. The van der Waals surface area contributed by atoms with Crippen LogP contribution in [0.15, 0.2) is 58.6 Å². The second kappa shape index (κ2) is 10.5. The molecule has 1 aromatic carbocycles. The number of amidine groups is 1. The third-order valence-corrected chi connectivity index (χ3v) is 4.95. The molecule has 0 spiro atoms. The van der Waals surface area contributed by atoms with Gasteiger partial charge in [0.15, 0.2) is 5.84 Å². The number of carboxylic acids is 1. The lowest BCUT2D eigenvalue weighted by Crippen LogP contribution is -2.13. The van der Waals surface area contributed by atoms with Crippen LogP contribution in [0.4, 0.5) is 0 Å². The summed E-state index contributed by atoms with van der Waals surface area (Å²) in [6.45, 7) is 4.07. The molecular weight excluding hydrogens is 362 g/mol. The van der Waals surface area contributed by atoms with Gasteiger partial charge in [-0.25, -0.2) is 9.98 Å². The Morgan fingerprint density at radius 3 is 2.56 bits per heavy atom. The van der Waals surface area contributed by atoms with Gasteiger partial charge in [-0.2, -0.15) is 0 Å². The summed E-state index contributed by atoms with van der Waals surface area (Å²) in [5, 5.41) is 9.70. The Balaban J connectivity index is 2.18. The summed E-state index contributed by atoms with van der Waals surface area (Å²) in [7, 11) is 1.66. The molecule has 2 rings (SSSR count). The molecule has 0 amide bonds. The van der Waals surface area contributed by atoms with Crippen molar-refractivity contribution in [3.8, 4) is 11.6 Å². The van der Waals surface area contributed by atoms with Gasteiger partial charge in [-0.15, -0.1) is 0 Å². The molecule has 0 aliphatic rings. The molecule has 1 aromatic heterocycles. The Kier molecular flexibility index (Phi) is 8.00. The van der Waals surface area contributed by atoms with E-state index in [0.29, 0.717) is 17.5 Å². The topological polar surface area (TPSA) is 84.1 Å². The Hall–Kier alpha value is -2.67. The Morgan fingerprint density at radius 2 is 2.00 bits per heavy atom. The smallest absolute Gasteiger partial charge is 0.313 e. The molecule has 7 heteroatoms. The number of aliphatic carboxylic acids is 1. The normalized spacial score (nSPS) is 13.3. The minimum Gasteiger partial charge on any atom is -0.481 e. The first-order chi connectivity index (χ1) is 13.0. The van der Waals surface area contributed by atoms with Crippen molar-refractivity contribution < 1.29 is 14.6 Å². The van der Waals surface area contributed by atoms with Crippen molar-refractivity contribution in [1.82, 2.24) is 4.98 Å². The van der Waals surface area contributed by atoms with E-state index in [4.69, 9.17) is 9.84 Å². The lowest BCUT2D eigenvalue weighted by Gasteiger charge is -2.12. The Bertz CT molecular complexity index is 805. The minimum absolute atomic E-state index is 0.0255. The molecule has 0 aliphatic carbocycles. The third kappa shape index (κ3) is 6.53. The highest BCUT2D eigenvalue weighted by Crippen LogP contribution is 2.20. The highest BCUT2D eigenvalue weighted by atomic mass is 32.2. The van der Waals surface area contributed by atoms with Crippen LogP contribution < -0.4 is 4.74 Å². The second-order valence-electron chi connectivity index (χ2n) is 5.79. The van der Waals surface area contributed by atoms with E-state index < -0.39 is 5.97 Å². The van der Waals surface area contributed by atoms with E-state index in [9.17, 15) is 4.79 Å². The van der Waals surface area contributed by atoms with Gasteiger partial charge < -0.3 is 9.84 Å². The van der Waals surface area contributed by atoms with Crippen LogP contribution in [0, 0.1) is 5.92 Å². The van der Waals surface area contributed by atoms with Crippen LogP contribution in [0.3, 0.4) is 0 Å². The van der Waals surface area contributed by atoms with Gasteiger partial charge in [0.25, 0.3) is 0 Å². The highest BCUT2D eigenvalue weighted by molar-refractivity contribution is 8.14. The standard InChI is InChI=1S/C20H23N3O3S/c1-4-14(2)20(27-13-18(24)25)23-19(21-3)15-10-11-17(22-12-15)26-16-8-6-5-7-9-16/h5-12,14H,4,13H2,1-3H3,(H,24,25). The Morgan fingerprint density at radius 1 is 1.26 bits per heavy atom. The molecule has 1 unspecified atom stereocenters. The van der Waals surface area contributed by atoms with Crippen LogP contribution in [0.1, 0.15) is 25.8 Å². The van der Waals surface area contributed by atoms with Gasteiger partial charge in [-0.05, 0) is 24.6 Å². The number of aromatic nitrogens is 1. The lowest BCUT2D eigenvalue weighted by atomic mass is 10.1. The van der Waals surface area contributed by atoms with E-state index in [0.717, 1.165) is 17.0 Å². The van der Waals surface area contributed by atoms with Gasteiger partial charge in [-0.1, -0.05) is 43.8 Å². The summed E-state index contributed by atoms with van der Waals surface area (Å²) in [5.41, 5.74) is 0.745. The van der Waals surface area contributed by atoms with E-state index in [1.54, 1.807) is 19.3 Å². The number of aliphatic imine (C=N–C) groups is 2. The van der Waals surface area contributed by atoms with Crippen molar-refractivity contribution in [2.24, 2.45) is 15.9 Å². The molecule has 0 aliphatic heterocycles. The van der Waals surface area contributed by atoms with Crippen LogP contribution in [-0.2, 0) is 4.79 Å². The first-order valence-electron chi connectivity index (χ1n) is 8.62. The van der Waals surface area contributed by atoms with Crippen LogP contribution in [0.2, 0.25) is 0 Å². The highest BCUT2D eigenvalue weighted by Gasteiger charge is 2.14. The van der Waals surface area contributed by atoms with Crippen molar-refractivity contribution in [2.75, 3.05) is 12.8 Å². The summed E-state index contributed by atoms with van der Waals surface area (Å²) in [6.07, 6.45) is 2.52. The number of carbonyl (C=O) groups is 1. The number of pyridine rings is 1. The number of nitrogens with zero attached hydrogens (tertiary/aromatic N) is 3. The molecule has 0 bridgehead atoms. The van der Waals surface area contributed by atoms with Crippen LogP contribution >= 0.6 is 11.8 Å². The molecule has 27 heavy (non-hydrogen) atoms. The largest absolute Gasteiger partial charge is 0.481 e. The summed E-state index contributed by atoms with van der Waals surface area (Å²) in [6, 6.07) is 13.0. The molecule has 0 saturated carbocycles. The molecule has 0 radical (unpaired) electrons. The number of hydrogen-bond acceptors (Lipinski definition) is 5. The predicted molar refractivity (Wildman–Crippen MR) is 110 cm³/mol. The molecular formula is C20H23N3O3S. The van der Waals surface area contributed by atoms with E-state index in [-0.39, 0.29) is 11.7 Å². The number of benzene rings is 1. The van der Waals surface area contributed by atoms with E-state index >= 15 is 0 Å². The average Bonchev–Trinajstić information content (AvgIpc) is 2.69. The summed E-state index contributed by atoms with van der Waals surface area (Å²) in [5.74, 6) is 0.968. The number of carboxylic acid groups (broad SMARTS) is 1. The minimum atomic E-state index is -0.866. The zero-order valence-electron chi connectivity index (χ0n) is 15.6. The van der Waals surface area contributed by atoms with Gasteiger partial charge in [0, 0.05) is 30.8 Å². The summed E-state index contributed by atoms with van der Waals surface area (Å²) in [4.78, 5) is 24.1. The van der Waals surface area contributed by atoms with Crippen molar-refractivity contribution in [3.63, 3.8) is 0 Å². The fraction of sp³-hybridized carbons (Fsp3) is 0.300. The first-order valence-corrected chi connectivity index (χ1v) is 9.61. The van der Waals surface area contributed by atoms with Crippen molar-refractivity contribution in [1.29, 1.82) is 0 Å². The number of ether oxygens (including phenoxy) is 1. The maximum atomic E-state index is 10.9. The molecule has 1 N–H and O–H groups in total. The molecule has 6 nitrogen and oxygen atoms in total. The maximum absolute atomic E-state index is 10.9. The maximum Gasteiger partial charge on any atom is 0.313 e. The molecule has 1 atom stereocenters. The van der Waals surface area contributed by atoms with E-state index in [1.807, 2.05) is 50.2 Å².